The number of amides is 1. The summed E-state index contributed by atoms with van der Waals surface area (Å²) >= 11 is 0. The van der Waals surface area contributed by atoms with Gasteiger partial charge >= 0.3 is 0 Å². The molecule has 0 bridgehead atoms. The van der Waals surface area contributed by atoms with E-state index in [-0.39, 0.29) is 5.91 Å². The number of aromatic nitrogens is 2. The fraction of sp³-hybridized carbons (Fsp3) is 0.500. The van der Waals surface area contributed by atoms with Gasteiger partial charge in [0.25, 0.3) is 5.91 Å². The van der Waals surface area contributed by atoms with Gasteiger partial charge in [0.15, 0.2) is 0 Å². The Morgan fingerprint density at radius 1 is 1.36 bits per heavy atom. The van der Waals surface area contributed by atoms with E-state index in [9.17, 15) is 4.79 Å². The van der Waals surface area contributed by atoms with Crippen molar-refractivity contribution in [1.29, 1.82) is 0 Å². The van der Waals surface area contributed by atoms with Crippen LogP contribution in [0, 0.1) is 12.8 Å². The van der Waals surface area contributed by atoms with Crippen LogP contribution in [0.3, 0.4) is 0 Å². The van der Waals surface area contributed by atoms with Gasteiger partial charge in [-0.15, -0.1) is 0 Å². The summed E-state index contributed by atoms with van der Waals surface area (Å²) in [4.78, 5) is 14.8. The van der Waals surface area contributed by atoms with Gasteiger partial charge in [-0.2, -0.15) is 5.10 Å². The van der Waals surface area contributed by atoms with Crippen LogP contribution in [0.1, 0.15) is 41.5 Å². The Kier molecular flexibility index (Phi) is 5.41. The summed E-state index contributed by atoms with van der Waals surface area (Å²) in [6.07, 6.45) is 2.96. The minimum absolute atomic E-state index is 0.0790. The van der Waals surface area contributed by atoms with Gasteiger partial charge in [-0.3, -0.25) is 9.48 Å². The average molecular weight is 341 g/mol. The number of aryl methyl sites for hydroxylation is 3. The third kappa shape index (κ3) is 4.03. The molecule has 1 fully saturated rings. The zero-order valence-corrected chi connectivity index (χ0v) is 15.4. The van der Waals surface area contributed by atoms with Crippen molar-refractivity contribution in [1.82, 2.24) is 14.7 Å². The molecular weight excluding hydrogens is 314 g/mol. The second-order valence-corrected chi connectivity index (χ2v) is 6.83. The summed E-state index contributed by atoms with van der Waals surface area (Å²) < 4.78 is 7.70. The molecule has 5 nitrogen and oxygen atoms in total. The summed E-state index contributed by atoms with van der Waals surface area (Å²) in [5, 5.41) is 4.39. The van der Waals surface area contributed by atoms with Crippen LogP contribution in [0.2, 0.25) is 0 Å². The summed E-state index contributed by atoms with van der Waals surface area (Å²) in [5.74, 6) is 1.39. The number of nitrogens with zero attached hydrogens (tertiary/aromatic N) is 3. The summed E-state index contributed by atoms with van der Waals surface area (Å²) in [5.41, 5.74) is 2.79. The first-order valence-electron chi connectivity index (χ1n) is 9.09. The second kappa shape index (κ2) is 7.72. The number of carbonyl (C=O) groups is 1. The first-order chi connectivity index (χ1) is 12.1. The fourth-order valence-electron chi connectivity index (χ4n) is 3.37. The van der Waals surface area contributed by atoms with Crippen LogP contribution in [0.4, 0.5) is 0 Å². The van der Waals surface area contributed by atoms with E-state index in [4.69, 9.17) is 4.74 Å². The monoisotopic (exact) mass is 341 g/mol. The molecule has 1 amide bonds. The zero-order chi connectivity index (χ0) is 17.8. The average Bonchev–Trinajstić information content (AvgIpc) is 3.01. The van der Waals surface area contributed by atoms with E-state index in [1.807, 2.05) is 36.2 Å². The van der Waals surface area contributed by atoms with Gasteiger partial charge in [0.2, 0.25) is 0 Å². The van der Waals surface area contributed by atoms with E-state index >= 15 is 0 Å². The minimum atomic E-state index is 0.0790. The maximum atomic E-state index is 12.8. The van der Waals surface area contributed by atoms with Gasteiger partial charge in [0.05, 0.1) is 12.3 Å². The Hall–Kier alpha value is -2.30. The lowest BCUT2D eigenvalue weighted by atomic mass is 9.98. The molecule has 3 rings (SSSR count). The molecule has 1 saturated heterocycles. The molecule has 1 aromatic carbocycles. The number of benzene rings is 1. The zero-order valence-electron chi connectivity index (χ0n) is 15.4. The van der Waals surface area contributed by atoms with E-state index in [2.05, 4.69) is 25.0 Å². The highest BCUT2D eigenvalue weighted by Gasteiger charge is 2.27. The maximum Gasteiger partial charge on any atom is 0.272 e. The lowest BCUT2D eigenvalue weighted by molar-refractivity contribution is 0.0622. The standard InChI is InChI=1S/C20H27N3O2/c1-4-17-12-18(22(3)21-17)20(24)23-11-7-9-16(13-23)14-25-19-10-6-5-8-15(19)2/h5-6,8,10,12,16H,4,7,9,11,13-14H2,1-3H3. The number of hydrogen-bond acceptors (Lipinski definition) is 3. The lowest BCUT2D eigenvalue weighted by Crippen LogP contribution is -2.42. The molecule has 2 aromatic rings. The minimum Gasteiger partial charge on any atom is -0.493 e. The molecular formula is C20H27N3O2. The van der Waals surface area contributed by atoms with Crippen molar-refractivity contribution >= 4 is 5.91 Å². The smallest absolute Gasteiger partial charge is 0.272 e. The third-order valence-corrected chi connectivity index (χ3v) is 4.89. The SMILES string of the molecule is CCc1cc(C(=O)N2CCCC(COc3ccccc3C)C2)n(C)n1. The third-order valence-electron chi connectivity index (χ3n) is 4.89. The molecule has 1 aliphatic heterocycles. The molecule has 0 spiro atoms. The molecule has 0 aliphatic carbocycles. The second-order valence-electron chi connectivity index (χ2n) is 6.83. The Labute approximate surface area is 149 Å². The number of rotatable bonds is 5. The van der Waals surface area contributed by atoms with E-state index in [1.54, 1.807) is 4.68 Å². The van der Waals surface area contributed by atoms with Crippen LogP contribution in [0.25, 0.3) is 0 Å². The van der Waals surface area contributed by atoms with E-state index in [1.165, 1.54) is 0 Å². The topological polar surface area (TPSA) is 47.4 Å². The highest BCUT2D eigenvalue weighted by atomic mass is 16.5. The molecule has 134 valence electrons. The predicted molar refractivity (Wildman–Crippen MR) is 97.9 cm³/mol. The van der Waals surface area contributed by atoms with E-state index in [0.29, 0.717) is 18.2 Å². The van der Waals surface area contributed by atoms with Gasteiger partial charge in [-0.25, -0.2) is 0 Å². The summed E-state index contributed by atoms with van der Waals surface area (Å²) in [7, 11) is 1.84. The molecule has 5 heteroatoms. The van der Waals surface area contributed by atoms with Crippen molar-refractivity contribution in [2.75, 3.05) is 19.7 Å². The van der Waals surface area contributed by atoms with Gasteiger partial charge in [0, 0.05) is 26.1 Å². The summed E-state index contributed by atoms with van der Waals surface area (Å²) in [6.45, 7) is 6.32. The number of hydrogen-bond donors (Lipinski definition) is 0. The van der Waals surface area contributed by atoms with Crippen LogP contribution in [0.15, 0.2) is 30.3 Å². The Bertz CT molecular complexity index is 738. The van der Waals surface area contributed by atoms with Gasteiger partial charge in [-0.1, -0.05) is 25.1 Å². The van der Waals surface area contributed by atoms with Crippen LogP contribution < -0.4 is 4.74 Å². The van der Waals surface area contributed by atoms with Gasteiger partial charge in [0.1, 0.15) is 11.4 Å². The van der Waals surface area contributed by atoms with Crippen molar-refractivity contribution in [2.45, 2.75) is 33.1 Å². The fourth-order valence-corrected chi connectivity index (χ4v) is 3.37. The Balaban J connectivity index is 1.61. The molecule has 0 N–H and O–H groups in total. The summed E-state index contributed by atoms with van der Waals surface area (Å²) in [6, 6.07) is 9.98. The largest absolute Gasteiger partial charge is 0.493 e. The predicted octanol–water partition coefficient (Wildman–Crippen LogP) is 3.22. The molecule has 1 atom stereocenters. The highest BCUT2D eigenvalue weighted by molar-refractivity contribution is 5.92. The highest BCUT2D eigenvalue weighted by Crippen LogP contribution is 2.22. The van der Waals surface area contributed by atoms with Gasteiger partial charge < -0.3 is 9.64 Å². The molecule has 1 aliphatic rings. The van der Waals surface area contributed by atoms with E-state index < -0.39 is 0 Å². The van der Waals surface area contributed by atoms with Gasteiger partial charge in [-0.05, 0) is 43.9 Å². The van der Waals surface area contributed by atoms with Crippen LogP contribution in [-0.2, 0) is 13.5 Å². The molecule has 2 heterocycles. The van der Waals surface area contributed by atoms with Crippen molar-refractivity contribution in [2.24, 2.45) is 13.0 Å². The molecule has 1 aromatic heterocycles. The maximum absolute atomic E-state index is 12.8. The number of ether oxygens (including phenoxy) is 1. The quantitative estimate of drug-likeness (QED) is 0.839. The lowest BCUT2D eigenvalue weighted by Gasteiger charge is -2.32. The molecule has 0 saturated carbocycles. The number of carbonyl (C=O) groups excluding carboxylic acids is 1. The van der Waals surface area contributed by atoms with E-state index in [0.717, 1.165) is 49.4 Å². The van der Waals surface area contributed by atoms with Crippen molar-refractivity contribution in [3.63, 3.8) is 0 Å². The first kappa shape index (κ1) is 17.5. The molecule has 0 radical (unpaired) electrons. The van der Waals surface area contributed by atoms with Crippen molar-refractivity contribution < 1.29 is 9.53 Å². The van der Waals surface area contributed by atoms with Crippen LogP contribution in [-0.4, -0.2) is 40.3 Å². The van der Waals surface area contributed by atoms with Crippen molar-refractivity contribution in [3.8, 4) is 5.75 Å². The van der Waals surface area contributed by atoms with Crippen molar-refractivity contribution in [3.05, 3.63) is 47.3 Å². The number of piperidine rings is 1. The number of para-hydroxylation sites is 1. The first-order valence-corrected chi connectivity index (χ1v) is 9.09. The molecule has 1 unspecified atom stereocenters. The van der Waals surface area contributed by atoms with Crippen LogP contribution >= 0.6 is 0 Å². The van der Waals surface area contributed by atoms with Crippen LogP contribution in [0.5, 0.6) is 5.75 Å². The number of likely N-dealkylation sites (tertiary alicyclic amines) is 1. The molecule has 25 heavy (non-hydrogen) atoms. The normalized spacial score (nSPS) is 17.6. The Morgan fingerprint density at radius 3 is 2.88 bits per heavy atom. The Morgan fingerprint density at radius 2 is 2.16 bits per heavy atom.